The molecule has 20 heavy (non-hydrogen) atoms. The molecule has 2 aromatic heterocycles. The fraction of sp³-hybridized carbons (Fsp3) is 0.143. The molecule has 98 valence electrons. The molecule has 0 saturated carbocycles. The number of rotatable bonds is 3. The number of anilines is 1. The summed E-state index contributed by atoms with van der Waals surface area (Å²) in [6.07, 6.45) is 1.77. The topological polar surface area (TPSA) is 90.3 Å². The lowest BCUT2D eigenvalue weighted by Crippen LogP contribution is -2.05. The number of H-pyrrole nitrogens is 1. The molecule has 0 saturated heterocycles. The zero-order chi connectivity index (χ0) is 13.9. The van der Waals surface area contributed by atoms with E-state index in [1.807, 2.05) is 31.2 Å². The van der Waals surface area contributed by atoms with Crippen LogP contribution in [0.15, 0.2) is 30.5 Å². The average molecular weight is 264 g/mol. The Morgan fingerprint density at radius 3 is 2.90 bits per heavy atom. The molecule has 3 rings (SSSR count). The van der Waals surface area contributed by atoms with E-state index >= 15 is 0 Å². The van der Waals surface area contributed by atoms with Crippen molar-refractivity contribution in [2.24, 2.45) is 0 Å². The minimum absolute atomic E-state index is 0.296. The van der Waals surface area contributed by atoms with Crippen LogP contribution in [-0.2, 0) is 6.54 Å². The normalized spacial score (nSPS) is 10.4. The number of hydrogen-bond acceptors (Lipinski definition) is 5. The van der Waals surface area contributed by atoms with Crippen molar-refractivity contribution < 1.29 is 0 Å². The lowest BCUT2D eigenvalue weighted by molar-refractivity contribution is 1.03. The second-order valence-corrected chi connectivity index (χ2v) is 4.43. The van der Waals surface area contributed by atoms with Crippen LogP contribution in [0.1, 0.15) is 17.0 Å². The Kier molecular flexibility index (Phi) is 3.01. The van der Waals surface area contributed by atoms with E-state index in [4.69, 9.17) is 0 Å². The third-order valence-electron chi connectivity index (χ3n) is 3.16. The Hall–Kier alpha value is -2.94. The summed E-state index contributed by atoms with van der Waals surface area (Å²) in [7, 11) is 0. The first-order valence-electron chi connectivity index (χ1n) is 6.18. The zero-order valence-corrected chi connectivity index (χ0v) is 10.9. The smallest absolute Gasteiger partial charge is 0.186 e. The SMILES string of the molecule is Cc1[nH]ncc1CNc1c(C#N)nnc2ccccc12. The first-order chi connectivity index (χ1) is 9.79. The Morgan fingerprint density at radius 1 is 1.30 bits per heavy atom. The number of benzene rings is 1. The highest BCUT2D eigenvalue weighted by molar-refractivity contribution is 5.92. The van der Waals surface area contributed by atoms with Gasteiger partial charge >= 0.3 is 0 Å². The van der Waals surface area contributed by atoms with Gasteiger partial charge < -0.3 is 5.32 Å². The fourth-order valence-electron chi connectivity index (χ4n) is 2.05. The Balaban J connectivity index is 2.01. The summed E-state index contributed by atoms with van der Waals surface area (Å²) in [5, 5.41) is 28.2. The molecule has 0 amide bonds. The number of nitrogens with one attached hydrogen (secondary N) is 2. The predicted molar refractivity (Wildman–Crippen MR) is 74.9 cm³/mol. The van der Waals surface area contributed by atoms with Gasteiger partial charge in [0.2, 0.25) is 0 Å². The third-order valence-corrected chi connectivity index (χ3v) is 3.16. The van der Waals surface area contributed by atoms with Crippen LogP contribution in [0.5, 0.6) is 0 Å². The minimum Gasteiger partial charge on any atom is -0.378 e. The number of aromatic amines is 1. The maximum atomic E-state index is 9.18. The Labute approximate surface area is 115 Å². The van der Waals surface area contributed by atoms with Crippen LogP contribution in [0.2, 0.25) is 0 Å². The molecule has 2 N–H and O–H groups in total. The van der Waals surface area contributed by atoms with Gasteiger partial charge in [0.25, 0.3) is 0 Å². The molecule has 0 unspecified atom stereocenters. The van der Waals surface area contributed by atoms with Gasteiger partial charge in [-0.25, -0.2) is 0 Å². The van der Waals surface area contributed by atoms with Crippen LogP contribution in [0.3, 0.4) is 0 Å². The fourth-order valence-corrected chi connectivity index (χ4v) is 2.05. The molecule has 0 bridgehead atoms. The lowest BCUT2D eigenvalue weighted by Gasteiger charge is -2.09. The highest BCUT2D eigenvalue weighted by Gasteiger charge is 2.10. The number of nitrogens with zero attached hydrogens (tertiary/aromatic N) is 4. The van der Waals surface area contributed by atoms with Crippen molar-refractivity contribution in [3.63, 3.8) is 0 Å². The quantitative estimate of drug-likeness (QED) is 0.756. The van der Waals surface area contributed by atoms with E-state index in [1.165, 1.54) is 0 Å². The van der Waals surface area contributed by atoms with Crippen molar-refractivity contribution in [3.8, 4) is 6.07 Å². The number of fused-ring (bicyclic) bond motifs is 1. The molecule has 0 aliphatic heterocycles. The standard InChI is InChI=1S/C14H12N6/c1-9-10(8-17-18-9)7-16-14-11-4-2-3-5-12(11)19-20-13(14)6-15/h2-5,8H,7H2,1H3,(H,16,19)(H,17,18). The lowest BCUT2D eigenvalue weighted by atomic mass is 10.1. The molecular weight excluding hydrogens is 252 g/mol. The van der Waals surface area contributed by atoms with Gasteiger partial charge in [-0.05, 0) is 13.0 Å². The van der Waals surface area contributed by atoms with Crippen LogP contribution in [0.4, 0.5) is 5.69 Å². The van der Waals surface area contributed by atoms with Crippen molar-refractivity contribution >= 4 is 16.6 Å². The highest BCUT2D eigenvalue weighted by atomic mass is 15.1. The summed E-state index contributed by atoms with van der Waals surface area (Å²) < 4.78 is 0. The van der Waals surface area contributed by atoms with Crippen LogP contribution in [-0.4, -0.2) is 20.4 Å². The molecule has 0 radical (unpaired) electrons. The van der Waals surface area contributed by atoms with E-state index < -0.39 is 0 Å². The van der Waals surface area contributed by atoms with Crippen LogP contribution >= 0.6 is 0 Å². The summed E-state index contributed by atoms with van der Waals surface area (Å²) in [4.78, 5) is 0. The van der Waals surface area contributed by atoms with Gasteiger partial charge in [0, 0.05) is 23.2 Å². The third kappa shape index (κ3) is 2.06. The van der Waals surface area contributed by atoms with E-state index in [-0.39, 0.29) is 0 Å². The summed E-state index contributed by atoms with van der Waals surface area (Å²) in [5.74, 6) is 0. The van der Waals surface area contributed by atoms with Gasteiger partial charge in [0.1, 0.15) is 6.07 Å². The predicted octanol–water partition coefficient (Wildman–Crippen LogP) is 2.15. The largest absolute Gasteiger partial charge is 0.378 e. The van der Waals surface area contributed by atoms with Crippen molar-refractivity contribution in [2.45, 2.75) is 13.5 Å². The number of hydrogen-bond donors (Lipinski definition) is 2. The molecule has 2 heterocycles. The molecule has 6 heteroatoms. The maximum absolute atomic E-state index is 9.18. The molecule has 6 nitrogen and oxygen atoms in total. The second kappa shape index (κ2) is 4.97. The van der Waals surface area contributed by atoms with Crippen molar-refractivity contribution in [2.75, 3.05) is 5.32 Å². The van der Waals surface area contributed by atoms with Crippen LogP contribution in [0.25, 0.3) is 10.9 Å². The molecule has 3 aromatic rings. The first kappa shape index (κ1) is 12.1. The molecule has 0 aliphatic carbocycles. The maximum Gasteiger partial charge on any atom is 0.186 e. The first-order valence-corrected chi connectivity index (χ1v) is 6.18. The summed E-state index contributed by atoms with van der Waals surface area (Å²) in [6.45, 7) is 2.53. The van der Waals surface area contributed by atoms with E-state index in [9.17, 15) is 5.26 Å². The highest BCUT2D eigenvalue weighted by Crippen LogP contribution is 2.24. The van der Waals surface area contributed by atoms with Crippen LogP contribution in [0, 0.1) is 18.3 Å². The Morgan fingerprint density at radius 2 is 2.15 bits per heavy atom. The van der Waals surface area contributed by atoms with Gasteiger partial charge in [0.05, 0.1) is 17.4 Å². The van der Waals surface area contributed by atoms with Gasteiger partial charge in [0.15, 0.2) is 5.69 Å². The zero-order valence-electron chi connectivity index (χ0n) is 10.9. The van der Waals surface area contributed by atoms with Crippen molar-refractivity contribution in [1.82, 2.24) is 20.4 Å². The van der Waals surface area contributed by atoms with Gasteiger partial charge in [-0.15, -0.1) is 10.2 Å². The van der Waals surface area contributed by atoms with Gasteiger partial charge in [-0.2, -0.15) is 10.4 Å². The van der Waals surface area contributed by atoms with E-state index in [1.54, 1.807) is 6.20 Å². The number of nitriles is 1. The summed E-state index contributed by atoms with van der Waals surface area (Å²) in [5.41, 5.74) is 3.82. The minimum atomic E-state index is 0.296. The number of aromatic nitrogens is 4. The average Bonchev–Trinajstić information content (AvgIpc) is 2.90. The Bertz CT molecular complexity index is 799. The monoisotopic (exact) mass is 264 g/mol. The molecule has 0 atom stereocenters. The van der Waals surface area contributed by atoms with Gasteiger partial charge in [-0.3, -0.25) is 5.10 Å². The van der Waals surface area contributed by atoms with Crippen LogP contribution < -0.4 is 5.32 Å². The molecular formula is C14H12N6. The summed E-state index contributed by atoms with van der Waals surface area (Å²) >= 11 is 0. The molecule has 1 aromatic carbocycles. The van der Waals surface area contributed by atoms with Gasteiger partial charge in [-0.1, -0.05) is 18.2 Å². The number of aryl methyl sites for hydroxylation is 1. The van der Waals surface area contributed by atoms with E-state index in [0.717, 1.165) is 22.2 Å². The van der Waals surface area contributed by atoms with E-state index in [2.05, 4.69) is 31.8 Å². The van der Waals surface area contributed by atoms with E-state index in [0.29, 0.717) is 17.9 Å². The summed E-state index contributed by atoms with van der Waals surface area (Å²) in [6, 6.07) is 9.68. The van der Waals surface area contributed by atoms with Crippen molar-refractivity contribution in [1.29, 1.82) is 5.26 Å². The molecule has 0 fully saturated rings. The molecule has 0 spiro atoms. The van der Waals surface area contributed by atoms with Crippen molar-refractivity contribution in [3.05, 3.63) is 47.4 Å². The second-order valence-electron chi connectivity index (χ2n) is 4.43. The molecule has 0 aliphatic rings.